The van der Waals surface area contributed by atoms with Gasteiger partial charge in [-0.2, -0.15) is 0 Å². The zero-order valence-electron chi connectivity index (χ0n) is 88.2. The van der Waals surface area contributed by atoms with Gasteiger partial charge in [0.15, 0.2) is 0 Å². The molecule has 2 nitrogen and oxygen atoms in total. The van der Waals surface area contributed by atoms with Crippen LogP contribution < -0.4 is 0 Å². The zero-order chi connectivity index (χ0) is 100. The molecule has 3 aromatic heterocycles. The van der Waals surface area contributed by atoms with Gasteiger partial charge in [0.25, 0.3) is 0 Å². The smallest absolute Gasteiger partial charge is 0.0620 e. The second kappa shape index (κ2) is 52.9. The van der Waals surface area contributed by atoms with Crippen LogP contribution in [0.1, 0.15) is 233 Å². The maximum absolute atomic E-state index is 2.43. The van der Waals surface area contributed by atoms with Gasteiger partial charge in [-0.1, -0.05) is 518 Å². The fraction of sp³-hybridized carbons (Fsp3) is 0.217. The summed E-state index contributed by atoms with van der Waals surface area (Å²) in [5, 5.41) is 16.0. The first-order valence-electron chi connectivity index (χ1n) is 53.0. The van der Waals surface area contributed by atoms with Gasteiger partial charge < -0.3 is 8.97 Å². The maximum Gasteiger partial charge on any atom is 0.0620 e. The molecule has 0 amide bonds. The Morgan fingerprint density at radius 1 is 0.143 bits per heavy atom. The fourth-order valence-electron chi connectivity index (χ4n) is 20.5. The third-order valence-corrected chi connectivity index (χ3v) is 25.5. The first-order chi connectivity index (χ1) is 69.6. The molecule has 0 fully saturated rings. The van der Waals surface area contributed by atoms with Crippen LogP contribution in [-0.4, -0.2) is 8.97 Å². The largest absolute Gasteiger partial charge is 0.309 e. The quantitative estimate of drug-likeness (QED) is 0.145. The van der Waals surface area contributed by atoms with E-state index in [-0.39, 0.29) is 0 Å². The fourth-order valence-corrected chi connectivity index (χ4v) is 20.5. The molecule has 6 aliphatic rings. The number of nitrogens with zero attached hydrogens (tertiary/aromatic N) is 2. The van der Waals surface area contributed by atoms with E-state index in [1.165, 1.54) is 231 Å². The van der Waals surface area contributed by atoms with Crippen molar-refractivity contribution < 1.29 is 0 Å². The lowest BCUT2D eigenvalue weighted by molar-refractivity contribution is 1.18. The van der Waals surface area contributed by atoms with Crippen molar-refractivity contribution in [2.45, 2.75) is 205 Å². The van der Waals surface area contributed by atoms with E-state index in [0.717, 1.165) is 38.5 Å². The normalized spacial score (nSPS) is 11.0. The molecule has 712 valence electrons. The monoisotopic (exact) mass is 1840 g/mol. The van der Waals surface area contributed by atoms with E-state index in [1.54, 1.807) is 0 Å². The lowest BCUT2D eigenvalue weighted by Gasteiger charge is -2.10. The van der Waals surface area contributed by atoms with Crippen LogP contribution >= 0.6 is 0 Å². The van der Waals surface area contributed by atoms with E-state index in [9.17, 15) is 0 Å². The molecule has 0 saturated carbocycles. The van der Waals surface area contributed by atoms with Crippen molar-refractivity contribution in [3.8, 4) is 72.4 Å². The molecule has 0 atom stereocenters. The van der Waals surface area contributed by atoms with Gasteiger partial charge in [-0.05, 0) is 253 Å². The van der Waals surface area contributed by atoms with Crippen LogP contribution in [0.2, 0.25) is 0 Å². The second-order valence-corrected chi connectivity index (χ2v) is 31.8. The standard InChI is InChI=1S/3C20H14.C18H11N.C18H13N.C18H12.12C2H6/c1-3-7-16-14(6-1)12-19-18(16)10-9-15-11-13-5-2-4-8-17(13)20(15)19;1-3-7-17-13(5-1)9-15-11-20-16(12-19(15)17)10-14-6-2-4-8-18(14)20;1-3-7-17-13(5-1)11-15-9-10-16-12-14-6-2-4-8-18(14)20(16)19(15)17;1-3-10-16-12(6-1)14-8-5-9-15-13-7-2-4-11-17(13)19(16)18(14)15;1-2-8-14(9-3-1)19-17-12-6-4-10-15(17)16-11-5-7-13-18(16)19;1-2-8-14-13(7-1)15-9-3-4-11-17(15)18-12-6-5-10-16(14)18;12*1-2/h1-10H,11-12H2;1-8,11-12H,9-10H2;1-10H,11-12H2;1-11H;1-13H;1-12H;12*1-2H3. The zero-order valence-corrected chi connectivity index (χ0v) is 88.2. The van der Waals surface area contributed by atoms with Gasteiger partial charge in [0.05, 0.1) is 27.6 Å². The van der Waals surface area contributed by atoms with Crippen molar-refractivity contribution in [3.05, 3.63) is 467 Å². The Morgan fingerprint density at radius 2 is 0.371 bits per heavy atom. The predicted octanol–water partition coefficient (Wildman–Crippen LogP) is 41.6. The molecule has 28 rings (SSSR count). The van der Waals surface area contributed by atoms with Gasteiger partial charge in [-0.15, -0.1) is 0 Å². The number of hydrogen-bond acceptors (Lipinski definition) is 0. The average Bonchev–Trinajstić information content (AvgIpc) is 1.54. The summed E-state index contributed by atoms with van der Waals surface area (Å²) in [6.45, 7) is 48.0. The van der Waals surface area contributed by atoms with Gasteiger partial charge in [0.1, 0.15) is 0 Å². The van der Waals surface area contributed by atoms with Crippen molar-refractivity contribution >= 4 is 92.2 Å². The molecule has 6 aliphatic carbocycles. The highest BCUT2D eigenvalue weighted by atomic mass is 15.0. The third kappa shape index (κ3) is 21.1. The summed E-state index contributed by atoms with van der Waals surface area (Å²) in [4.78, 5) is 0. The molecule has 0 N–H and O–H groups in total. The second-order valence-electron chi connectivity index (χ2n) is 31.8. The van der Waals surface area contributed by atoms with Gasteiger partial charge >= 0.3 is 0 Å². The van der Waals surface area contributed by atoms with Crippen LogP contribution in [-0.2, 0) is 38.5 Å². The molecule has 3 heterocycles. The van der Waals surface area contributed by atoms with Crippen molar-refractivity contribution in [2.75, 3.05) is 0 Å². The van der Waals surface area contributed by atoms with Crippen LogP contribution in [0.3, 0.4) is 0 Å². The highest BCUT2D eigenvalue weighted by molar-refractivity contribution is 6.26. The maximum atomic E-state index is 2.43. The van der Waals surface area contributed by atoms with Crippen LogP contribution in [0.5, 0.6) is 0 Å². The average molecular weight is 1840 g/mol. The Hall–Kier alpha value is -14.4. The first-order valence-corrected chi connectivity index (χ1v) is 53.0. The van der Waals surface area contributed by atoms with Crippen molar-refractivity contribution in [1.29, 1.82) is 0 Å². The van der Waals surface area contributed by atoms with Crippen LogP contribution in [0.25, 0.3) is 165 Å². The van der Waals surface area contributed by atoms with Gasteiger partial charge in [0.2, 0.25) is 0 Å². The summed E-state index contributed by atoms with van der Waals surface area (Å²) < 4.78 is 4.72. The van der Waals surface area contributed by atoms with Crippen molar-refractivity contribution in [2.24, 2.45) is 0 Å². The predicted molar refractivity (Wildman–Crippen MR) is 626 cm³/mol. The highest BCUT2D eigenvalue weighted by Crippen LogP contribution is 2.52. The Balaban J connectivity index is 0.000000154. The minimum absolute atomic E-state index is 1.08. The Bertz CT molecular complexity index is 7210. The molecular formula is C138H150N2. The third-order valence-electron chi connectivity index (χ3n) is 25.5. The SMILES string of the molecule is CC.CC.CC.CC.CC.CC.CC.CC.CC.CC.CC.CC.c1ccc(-n2c3ccccc3c3ccccc32)cc1.c1ccc2c(c1)Cc1c-2ccc2c1-c1ccccc1C2.c1ccc2c(c1)Cc1cc3c(cc1-2)Cc1ccccc1-3.c1ccc2c(c1)Cc1ccc3c(c1-2)-c1ccccc1C3.c1ccc2c(c1)c1cccc3c4ccccc4n2c13.c1ccc2c(c1)c1ccccc1c1ccccc21. The number of fused-ring (bicyclic) bond motifs is 35. The summed E-state index contributed by atoms with van der Waals surface area (Å²) in [6.07, 6.45) is 6.52. The van der Waals surface area contributed by atoms with Crippen LogP contribution in [0.15, 0.2) is 400 Å². The molecule has 0 aliphatic heterocycles. The van der Waals surface area contributed by atoms with Crippen LogP contribution in [0.4, 0.5) is 0 Å². The first kappa shape index (κ1) is 106. The summed E-state index contributed by atoms with van der Waals surface area (Å²) in [7, 11) is 0. The topological polar surface area (TPSA) is 9.34 Å². The van der Waals surface area contributed by atoms with Crippen molar-refractivity contribution in [1.82, 2.24) is 8.97 Å². The van der Waals surface area contributed by atoms with E-state index in [0.29, 0.717) is 0 Å². The summed E-state index contributed by atoms with van der Waals surface area (Å²) in [6, 6.07) is 145. The molecule has 0 unspecified atom stereocenters. The number of benzene rings is 19. The molecule has 19 aromatic carbocycles. The van der Waals surface area contributed by atoms with E-state index in [4.69, 9.17) is 0 Å². The van der Waals surface area contributed by atoms with E-state index in [1.807, 2.05) is 166 Å². The Kier molecular flexibility index (Phi) is 40.1. The molecule has 0 bridgehead atoms. The minimum Gasteiger partial charge on any atom is -0.309 e. The molecular weight excluding hydrogens is 1690 g/mol. The van der Waals surface area contributed by atoms with Crippen molar-refractivity contribution in [3.63, 3.8) is 0 Å². The summed E-state index contributed by atoms with van der Waals surface area (Å²) in [5.41, 5.74) is 43.0. The molecule has 2 heteroatoms. The lowest BCUT2D eigenvalue weighted by atomic mass is 9.94. The van der Waals surface area contributed by atoms with E-state index < -0.39 is 0 Å². The molecule has 22 aromatic rings. The van der Waals surface area contributed by atoms with Crippen LogP contribution in [0, 0.1) is 0 Å². The molecule has 0 saturated heterocycles. The number of aromatic nitrogens is 2. The molecule has 0 radical (unpaired) electrons. The summed E-state index contributed by atoms with van der Waals surface area (Å²) in [5.74, 6) is 0. The summed E-state index contributed by atoms with van der Waals surface area (Å²) >= 11 is 0. The lowest BCUT2D eigenvalue weighted by Crippen LogP contribution is -1.92. The van der Waals surface area contributed by atoms with Gasteiger partial charge in [-0.3, -0.25) is 0 Å². The van der Waals surface area contributed by atoms with E-state index in [2.05, 4.69) is 409 Å². The minimum atomic E-state index is 1.08. The van der Waals surface area contributed by atoms with Gasteiger partial charge in [0, 0.05) is 38.0 Å². The highest BCUT2D eigenvalue weighted by Gasteiger charge is 2.31. The van der Waals surface area contributed by atoms with Gasteiger partial charge in [-0.25, -0.2) is 0 Å². The van der Waals surface area contributed by atoms with E-state index >= 15 is 0 Å². The number of rotatable bonds is 1. The Morgan fingerprint density at radius 3 is 0.714 bits per heavy atom. The number of para-hydroxylation sites is 6. The molecule has 140 heavy (non-hydrogen) atoms. The number of hydrogen-bond donors (Lipinski definition) is 0. The molecule has 0 spiro atoms. The Labute approximate surface area is 839 Å².